The van der Waals surface area contributed by atoms with E-state index >= 15 is 0 Å². The lowest BCUT2D eigenvalue weighted by Crippen LogP contribution is -2.47. The van der Waals surface area contributed by atoms with Crippen molar-refractivity contribution in [2.45, 2.75) is 0 Å². The summed E-state index contributed by atoms with van der Waals surface area (Å²) in [5.74, 6) is -0.368. The van der Waals surface area contributed by atoms with Crippen LogP contribution in [0, 0.1) is 0 Å². The second-order valence-corrected chi connectivity index (χ2v) is 7.85. The predicted molar refractivity (Wildman–Crippen MR) is 119 cm³/mol. The van der Waals surface area contributed by atoms with E-state index in [1.807, 2.05) is 24.3 Å². The fourth-order valence-corrected chi connectivity index (χ4v) is 4.12. The van der Waals surface area contributed by atoms with Crippen molar-refractivity contribution in [1.29, 1.82) is 0 Å². The number of nitrogens with zero attached hydrogens (tertiary/aromatic N) is 2. The molecule has 1 fully saturated rings. The van der Waals surface area contributed by atoms with E-state index in [4.69, 9.17) is 16.4 Å². The Hall–Kier alpha value is -3.36. The second-order valence-electron chi connectivity index (χ2n) is 7.41. The predicted octanol–water partition coefficient (Wildman–Crippen LogP) is 2.28. The van der Waals surface area contributed by atoms with E-state index in [1.54, 1.807) is 23.1 Å². The molecule has 0 atom stereocenters. The Balaban J connectivity index is 1.49. The summed E-state index contributed by atoms with van der Waals surface area (Å²) in [5, 5.41) is 14.2. The standard InChI is InChI=1S/C22H20ClN5O3/c23-13-5-6-17-15(11-13)19(22(30)26-17)21-20(14-3-1-2-4-16(14)25-21)27-31-12-18(29)28-9-7-24-8-10-28/h1-6,11,24-25H,7-10,12H2,(H,26,30)/b21-19-,27-20+. The number of halogens is 1. The Morgan fingerprint density at radius 3 is 2.68 bits per heavy atom. The number of hydrogen-bond donors (Lipinski definition) is 3. The molecule has 9 heteroatoms. The molecule has 0 saturated carbocycles. The van der Waals surface area contributed by atoms with E-state index in [-0.39, 0.29) is 18.4 Å². The van der Waals surface area contributed by atoms with Gasteiger partial charge in [-0.2, -0.15) is 0 Å². The molecule has 2 amide bonds. The minimum Gasteiger partial charge on any atom is -0.385 e. The number of benzene rings is 2. The summed E-state index contributed by atoms with van der Waals surface area (Å²) in [6.45, 7) is 2.67. The summed E-state index contributed by atoms with van der Waals surface area (Å²) >= 11 is 6.18. The minimum atomic E-state index is -0.253. The number of rotatable bonds is 3. The monoisotopic (exact) mass is 437 g/mol. The van der Waals surface area contributed by atoms with Crippen LogP contribution in [0.2, 0.25) is 5.02 Å². The van der Waals surface area contributed by atoms with Crippen molar-refractivity contribution < 1.29 is 14.4 Å². The summed E-state index contributed by atoms with van der Waals surface area (Å²) in [6, 6.07) is 12.8. The number of hydrogen-bond acceptors (Lipinski definition) is 6. The van der Waals surface area contributed by atoms with Gasteiger partial charge in [0.1, 0.15) is 5.71 Å². The quantitative estimate of drug-likeness (QED) is 0.506. The average Bonchev–Trinajstić information content (AvgIpc) is 3.30. The lowest BCUT2D eigenvalue weighted by molar-refractivity contribution is -0.136. The average molecular weight is 438 g/mol. The fraction of sp³-hybridized carbons (Fsp3) is 0.227. The van der Waals surface area contributed by atoms with Gasteiger partial charge in [-0.1, -0.05) is 35.0 Å². The lowest BCUT2D eigenvalue weighted by atomic mass is 10.0. The lowest BCUT2D eigenvalue weighted by Gasteiger charge is -2.26. The summed E-state index contributed by atoms with van der Waals surface area (Å²) in [4.78, 5) is 32.4. The Kier molecular flexibility index (Phi) is 5.09. The van der Waals surface area contributed by atoms with Gasteiger partial charge in [0.15, 0.2) is 6.61 Å². The number of carbonyl (C=O) groups is 2. The fourth-order valence-electron chi connectivity index (χ4n) is 3.95. The molecule has 3 aliphatic rings. The van der Waals surface area contributed by atoms with Crippen LogP contribution in [-0.4, -0.2) is 55.2 Å². The molecule has 3 N–H and O–H groups in total. The number of fused-ring (bicyclic) bond motifs is 2. The van der Waals surface area contributed by atoms with Crippen LogP contribution in [0.1, 0.15) is 11.1 Å². The smallest absolute Gasteiger partial charge is 0.263 e. The van der Waals surface area contributed by atoms with Crippen LogP contribution in [0.15, 0.2) is 53.3 Å². The largest absolute Gasteiger partial charge is 0.385 e. The van der Waals surface area contributed by atoms with Crippen molar-refractivity contribution >= 4 is 46.1 Å². The van der Waals surface area contributed by atoms with Crippen LogP contribution >= 0.6 is 11.6 Å². The van der Waals surface area contributed by atoms with E-state index in [2.05, 4.69) is 21.1 Å². The maximum absolute atomic E-state index is 12.8. The van der Waals surface area contributed by atoms with Gasteiger partial charge < -0.3 is 25.7 Å². The molecule has 3 heterocycles. The molecule has 0 unspecified atom stereocenters. The number of amides is 2. The third-order valence-corrected chi connectivity index (χ3v) is 5.70. The number of oxime groups is 1. The van der Waals surface area contributed by atoms with Crippen LogP contribution in [0.3, 0.4) is 0 Å². The van der Waals surface area contributed by atoms with Crippen LogP contribution in [0.5, 0.6) is 0 Å². The highest BCUT2D eigenvalue weighted by molar-refractivity contribution is 6.40. The zero-order valence-corrected chi connectivity index (χ0v) is 17.3. The first-order valence-corrected chi connectivity index (χ1v) is 10.4. The molecule has 3 aliphatic heterocycles. The van der Waals surface area contributed by atoms with Crippen molar-refractivity contribution in [3.05, 3.63) is 64.3 Å². The number of para-hydroxylation sites is 1. The van der Waals surface area contributed by atoms with Gasteiger partial charge in [0, 0.05) is 53.7 Å². The van der Waals surface area contributed by atoms with Gasteiger partial charge in [-0.25, -0.2) is 0 Å². The van der Waals surface area contributed by atoms with Gasteiger partial charge in [-0.15, -0.1) is 0 Å². The molecule has 2 aromatic rings. The molecule has 0 spiro atoms. The molecular weight excluding hydrogens is 418 g/mol. The molecule has 0 radical (unpaired) electrons. The van der Waals surface area contributed by atoms with Crippen LogP contribution in [-0.2, 0) is 14.4 Å². The molecule has 5 rings (SSSR count). The first-order valence-electron chi connectivity index (χ1n) is 10.0. The zero-order chi connectivity index (χ0) is 21.4. The SMILES string of the molecule is O=C1Nc2ccc(Cl)cc2/C1=C1/Nc2ccccc2/C1=N\OCC(=O)N1CCNCC1. The van der Waals surface area contributed by atoms with E-state index < -0.39 is 0 Å². The molecule has 31 heavy (non-hydrogen) atoms. The van der Waals surface area contributed by atoms with E-state index in [0.717, 1.165) is 24.3 Å². The molecule has 1 saturated heterocycles. The highest BCUT2D eigenvalue weighted by Crippen LogP contribution is 2.40. The Morgan fingerprint density at radius 2 is 1.84 bits per heavy atom. The Labute approximate surface area is 183 Å². The van der Waals surface area contributed by atoms with E-state index in [0.29, 0.717) is 46.3 Å². The molecule has 158 valence electrons. The maximum Gasteiger partial charge on any atom is 0.263 e. The molecule has 8 nitrogen and oxygen atoms in total. The number of piperazine rings is 1. The third kappa shape index (κ3) is 3.64. The number of allylic oxidation sites excluding steroid dienone is 1. The van der Waals surface area contributed by atoms with Crippen molar-refractivity contribution in [1.82, 2.24) is 10.2 Å². The third-order valence-electron chi connectivity index (χ3n) is 5.47. The molecule has 0 bridgehead atoms. The van der Waals surface area contributed by atoms with Gasteiger partial charge in [-0.3, -0.25) is 9.59 Å². The maximum atomic E-state index is 12.8. The Bertz CT molecular complexity index is 1140. The van der Waals surface area contributed by atoms with E-state index in [9.17, 15) is 9.59 Å². The number of carbonyl (C=O) groups excluding carboxylic acids is 2. The van der Waals surface area contributed by atoms with Crippen LogP contribution in [0.25, 0.3) is 5.57 Å². The molecule has 0 aliphatic carbocycles. The minimum absolute atomic E-state index is 0.116. The van der Waals surface area contributed by atoms with Gasteiger partial charge in [0.25, 0.3) is 11.8 Å². The van der Waals surface area contributed by atoms with E-state index in [1.165, 1.54) is 0 Å². The highest BCUT2D eigenvalue weighted by atomic mass is 35.5. The van der Waals surface area contributed by atoms with Gasteiger partial charge in [-0.05, 0) is 24.3 Å². The van der Waals surface area contributed by atoms with Gasteiger partial charge in [0.2, 0.25) is 0 Å². The summed E-state index contributed by atoms with van der Waals surface area (Å²) in [6.07, 6.45) is 0. The summed E-state index contributed by atoms with van der Waals surface area (Å²) in [7, 11) is 0. The summed E-state index contributed by atoms with van der Waals surface area (Å²) < 4.78 is 0. The van der Waals surface area contributed by atoms with Crippen LogP contribution < -0.4 is 16.0 Å². The van der Waals surface area contributed by atoms with Gasteiger partial charge in [0.05, 0.1) is 11.3 Å². The van der Waals surface area contributed by atoms with Crippen molar-refractivity contribution in [3.8, 4) is 0 Å². The number of anilines is 2. The topological polar surface area (TPSA) is 95.1 Å². The Morgan fingerprint density at radius 1 is 1.06 bits per heavy atom. The second kappa shape index (κ2) is 8.05. The summed E-state index contributed by atoms with van der Waals surface area (Å²) in [5.41, 5.74) is 4.41. The van der Waals surface area contributed by atoms with Crippen molar-refractivity contribution in [3.63, 3.8) is 0 Å². The van der Waals surface area contributed by atoms with Gasteiger partial charge >= 0.3 is 0 Å². The van der Waals surface area contributed by atoms with Crippen LogP contribution in [0.4, 0.5) is 11.4 Å². The molecule has 0 aromatic heterocycles. The molecular formula is C22H20ClN5O3. The normalized spacial score (nSPS) is 20.9. The zero-order valence-electron chi connectivity index (χ0n) is 16.6. The van der Waals surface area contributed by atoms with Crippen molar-refractivity contribution in [2.75, 3.05) is 43.4 Å². The first-order chi connectivity index (χ1) is 15.1. The van der Waals surface area contributed by atoms with Crippen molar-refractivity contribution in [2.24, 2.45) is 5.16 Å². The highest BCUT2D eigenvalue weighted by Gasteiger charge is 2.34. The molecule has 2 aromatic carbocycles. The number of nitrogens with one attached hydrogen (secondary N) is 3. The first kappa shape index (κ1) is 19.6.